The van der Waals surface area contributed by atoms with Crippen LogP contribution in [0.1, 0.15) is 31.7 Å². The molecular weight excluding hydrogens is 298 g/mol. The van der Waals surface area contributed by atoms with Crippen molar-refractivity contribution in [1.82, 2.24) is 4.90 Å². The number of hydrogen-bond donors (Lipinski definition) is 0. The fraction of sp³-hybridized carbons (Fsp3) is 0.571. The third-order valence-corrected chi connectivity index (χ3v) is 4.32. The molecule has 1 aliphatic rings. The average Bonchev–Trinajstić information content (AvgIpc) is 2.71. The maximum atomic E-state index is 6.25. The Morgan fingerprint density at radius 3 is 3.00 bits per heavy atom. The zero-order valence-electron chi connectivity index (χ0n) is 10.3. The Kier molecular flexibility index (Phi) is 4.89. The topological polar surface area (TPSA) is 3.24 Å². The molecule has 1 aromatic rings. The van der Waals surface area contributed by atoms with E-state index in [4.69, 9.17) is 11.6 Å². The van der Waals surface area contributed by atoms with Crippen LogP contribution in [0.2, 0.25) is 5.02 Å². The Labute approximate surface area is 117 Å². The van der Waals surface area contributed by atoms with Crippen LogP contribution in [0.25, 0.3) is 0 Å². The molecule has 1 heterocycles. The highest BCUT2D eigenvalue weighted by molar-refractivity contribution is 9.10. The van der Waals surface area contributed by atoms with Crippen molar-refractivity contribution in [3.05, 3.63) is 33.3 Å². The molecule has 2 rings (SSSR count). The van der Waals surface area contributed by atoms with Crippen molar-refractivity contribution < 1.29 is 0 Å². The van der Waals surface area contributed by atoms with E-state index in [1.165, 1.54) is 37.9 Å². The molecule has 0 aliphatic carbocycles. The van der Waals surface area contributed by atoms with Gasteiger partial charge >= 0.3 is 0 Å². The lowest BCUT2D eigenvalue weighted by molar-refractivity contribution is 0.313. The van der Waals surface area contributed by atoms with Gasteiger partial charge in [0.15, 0.2) is 0 Å². The lowest BCUT2D eigenvalue weighted by atomic mass is 10.0. The highest BCUT2D eigenvalue weighted by atomic mass is 79.9. The van der Waals surface area contributed by atoms with Gasteiger partial charge in [0.25, 0.3) is 0 Å². The molecule has 94 valence electrons. The number of halogens is 2. The molecule has 0 amide bonds. The highest BCUT2D eigenvalue weighted by Crippen LogP contribution is 2.26. The number of nitrogens with zero attached hydrogens (tertiary/aromatic N) is 1. The van der Waals surface area contributed by atoms with Gasteiger partial charge < -0.3 is 0 Å². The summed E-state index contributed by atoms with van der Waals surface area (Å²) in [4.78, 5) is 2.52. The highest BCUT2D eigenvalue weighted by Gasteiger charge is 2.21. The zero-order valence-corrected chi connectivity index (χ0v) is 12.6. The molecule has 1 unspecified atom stereocenters. The van der Waals surface area contributed by atoms with Gasteiger partial charge in [-0.1, -0.05) is 46.9 Å². The second-order valence-corrected chi connectivity index (χ2v) is 6.24. The maximum absolute atomic E-state index is 6.25. The van der Waals surface area contributed by atoms with Crippen LogP contribution in [0.5, 0.6) is 0 Å². The maximum Gasteiger partial charge on any atom is 0.0462 e. The molecule has 1 nitrogen and oxygen atoms in total. The normalized spacial score (nSPS) is 21.0. The van der Waals surface area contributed by atoms with E-state index in [9.17, 15) is 0 Å². The van der Waals surface area contributed by atoms with Crippen molar-refractivity contribution in [3.8, 4) is 0 Å². The number of hydrogen-bond acceptors (Lipinski definition) is 1. The van der Waals surface area contributed by atoms with Crippen molar-refractivity contribution >= 4 is 27.5 Å². The summed E-state index contributed by atoms with van der Waals surface area (Å²) in [5.74, 6) is 0.897. The molecular formula is C14H19BrClN. The van der Waals surface area contributed by atoms with E-state index >= 15 is 0 Å². The van der Waals surface area contributed by atoms with Crippen molar-refractivity contribution in [2.24, 2.45) is 5.92 Å². The van der Waals surface area contributed by atoms with E-state index in [1.54, 1.807) is 0 Å². The third kappa shape index (κ3) is 3.70. The number of likely N-dealkylation sites (tertiary alicyclic amines) is 1. The summed E-state index contributed by atoms with van der Waals surface area (Å²) in [5.41, 5.74) is 1.24. The summed E-state index contributed by atoms with van der Waals surface area (Å²) in [7, 11) is 0. The predicted molar refractivity (Wildman–Crippen MR) is 77.4 cm³/mol. The van der Waals surface area contributed by atoms with Crippen LogP contribution >= 0.6 is 27.5 Å². The third-order valence-electron chi connectivity index (χ3n) is 3.48. The second kappa shape index (κ2) is 6.21. The van der Waals surface area contributed by atoms with E-state index in [0.29, 0.717) is 0 Å². The van der Waals surface area contributed by atoms with E-state index < -0.39 is 0 Å². The van der Waals surface area contributed by atoms with Crippen LogP contribution in [0, 0.1) is 5.92 Å². The van der Waals surface area contributed by atoms with Crippen LogP contribution < -0.4 is 0 Å². The number of rotatable bonds is 4. The van der Waals surface area contributed by atoms with Gasteiger partial charge in [0.1, 0.15) is 0 Å². The van der Waals surface area contributed by atoms with Gasteiger partial charge in [-0.25, -0.2) is 0 Å². The Morgan fingerprint density at radius 1 is 1.47 bits per heavy atom. The van der Waals surface area contributed by atoms with E-state index in [0.717, 1.165) is 22.0 Å². The van der Waals surface area contributed by atoms with Crippen molar-refractivity contribution in [2.75, 3.05) is 13.1 Å². The summed E-state index contributed by atoms with van der Waals surface area (Å²) in [5, 5.41) is 0.873. The van der Waals surface area contributed by atoms with Crippen molar-refractivity contribution in [1.29, 1.82) is 0 Å². The molecule has 0 aromatic heterocycles. The summed E-state index contributed by atoms with van der Waals surface area (Å²) < 4.78 is 1.05. The minimum atomic E-state index is 0.873. The quantitative estimate of drug-likeness (QED) is 0.776. The summed E-state index contributed by atoms with van der Waals surface area (Å²) in [6.45, 7) is 5.72. The van der Waals surface area contributed by atoms with Gasteiger partial charge in [0, 0.05) is 22.6 Å². The standard InChI is InChI=1S/C14H19BrClN/c1-2-3-11-6-7-17(9-11)10-12-4-5-13(15)8-14(12)16/h4-5,8,11H,2-3,6-7,9-10H2,1H3. The van der Waals surface area contributed by atoms with Crippen molar-refractivity contribution in [3.63, 3.8) is 0 Å². The Balaban J connectivity index is 1.93. The second-order valence-electron chi connectivity index (χ2n) is 4.91. The molecule has 17 heavy (non-hydrogen) atoms. The molecule has 0 N–H and O–H groups in total. The lowest BCUT2D eigenvalue weighted by Crippen LogP contribution is -2.20. The molecule has 1 fully saturated rings. The van der Waals surface area contributed by atoms with Gasteiger partial charge in [0.05, 0.1) is 0 Å². The van der Waals surface area contributed by atoms with Crippen LogP contribution in [0.4, 0.5) is 0 Å². The lowest BCUT2D eigenvalue weighted by Gasteiger charge is -2.17. The Hall–Kier alpha value is -0.0500. The monoisotopic (exact) mass is 315 g/mol. The van der Waals surface area contributed by atoms with Gasteiger partial charge in [-0.05, 0) is 43.0 Å². The molecule has 0 spiro atoms. The van der Waals surface area contributed by atoms with Crippen LogP contribution in [-0.2, 0) is 6.54 Å². The smallest absolute Gasteiger partial charge is 0.0462 e. The molecule has 0 bridgehead atoms. The van der Waals surface area contributed by atoms with E-state index in [1.807, 2.05) is 6.07 Å². The first-order chi connectivity index (χ1) is 8.19. The first-order valence-corrected chi connectivity index (χ1v) is 7.52. The van der Waals surface area contributed by atoms with Gasteiger partial charge in [-0.15, -0.1) is 0 Å². The minimum absolute atomic E-state index is 0.873. The first kappa shape index (κ1) is 13.4. The van der Waals surface area contributed by atoms with Gasteiger partial charge in [-0.3, -0.25) is 4.90 Å². The fourth-order valence-corrected chi connectivity index (χ4v) is 3.32. The molecule has 3 heteroatoms. The molecule has 1 saturated heterocycles. The van der Waals surface area contributed by atoms with Crippen LogP contribution in [0.15, 0.2) is 22.7 Å². The average molecular weight is 317 g/mol. The summed E-state index contributed by atoms with van der Waals surface area (Å²) >= 11 is 9.69. The predicted octanol–water partition coefficient (Wildman–Crippen LogP) is 4.72. The van der Waals surface area contributed by atoms with Crippen LogP contribution in [0.3, 0.4) is 0 Å². The molecule has 1 aliphatic heterocycles. The first-order valence-electron chi connectivity index (χ1n) is 6.35. The van der Waals surface area contributed by atoms with Gasteiger partial charge in [0.2, 0.25) is 0 Å². The minimum Gasteiger partial charge on any atom is -0.299 e. The Bertz CT molecular complexity index is 380. The number of benzene rings is 1. The molecule has 0 saturated carbocycles. The van der Waals surface area contributed by atoms with E-state index in [2.05, 4.69) is 39.9 Å². The largest absolute Gasteiger partial charge is 0.299 e. The van der Waals surface area contributed by atoms with Gasteiger partial charge in [-0.2, -0.15) is 0 Å². The van der Waals surface area contributed by atoms with E-state index in [-0.39, 0.29) is 0 Å². The van der Waals surface area contributed by atoms with Crippen LogP contribution in [-0.4, -0.2) is 18.0 Å². The molecule has 1 aromatic carbocycles. The SMILES string of the molecule is CCCC1CCN(Cc2ccc(Br)cc2Cl)C1. The molecule has 1 atom stereocenters. The zero-order chi connectivity index (χ0) is 12.3. The summed E-state index contributed by atoms with van der Waals surface area (Å²) in [6.07, 6.45) is 4.02. The molecule has 0 radical (unpaired) electrons. The fourth-order valence-electron chi connectivity index (χ4n) is 2.59. The van der Waals surface area contributed by atoms with Crippen molar-refractivity contribution in [2.45, 2.75) is 32.7 Å². The Morgan fingerprint density at radius 2 is 2.29 bits per heavy atom. The summed E-state index contributed by atoms with van der Waals surface area (Å²) in [6, 6.07) is 6.18.